The third kappa shape index (κ3) is 11.0. The number of aryl methyl sites for hydroxylation is 1. The number of benzene rings is 2. The number of halogens is 5. The standard InChI is InChI=1S/C38H49F5N8OS/c1-4-9-32(50(14-7-12-39)15-8-13-47-34(46)22-44)35-30(40)20-29(21-33(35)53-3)51-23-26-19-31(48-36(26)49-37(51)52)25-16-24(10-6-11-28(45)5-2)17-27(18-25)38(41,42)43/h5,16-21,23,28,32H,2,4,6-15,22,44-45H2,1,3H3,(H2,46,47)(H,48,49,52). The molecule has 0 spiro atoms. The first-order valence-corrected chi connectivity index (χ1v) is 18.9. The molecule has 0 aliphatic rings. The molecule has 0 saturated carbocycles. The van der Waals surface area contributed by atoms with Crippen LogP contribution in [-0.2, 0) is 12.6 Å². The minimum Gasteiger partial charge on any atom is -0.386 e. The van der Waals surface area contributed by atoms with E-state index in [1.807, 2.05) is 13.2 Å². The lowest BCUT2D eigenvalue weighted by atomic mass is 9.98. The van der Waals surface area contributed by atoms with Crippen LogP contribution in [0.3, 0.4) is 0 Å². The largest absolute Gasteiger partial charge is 0.416 e. The first kappa shape index (κ1) is 41.7. The molecule has 2 aromatic heterocycles. The quantitative estimate of drug-likeness (QED) is 0.0185. The number of aromatic nitrogens is 3. The summed E-state index contributed by atoms with van der Waals surface area (Å²) >= 11 is 1.33. The smallest absolute Gasteiger partial charge is 0.386 e. The second kappa shape index (κ2) is 19.3. The van der Waals surface area contributed by atoms with Crippen molar-refractivity contribution in [2.24, 2.45) is 22.2 Å². The predicted molar refractivity (Wildman–Crippen MR) is 205 cm³/mol. The highest BCUT2D eigenvalue weighted by Gasteiger charge is 2.31. The van der Waals surface area contributed by atoms with Crippen LogP contribution in [0.4, 0.5) is 22.0 Å². The van der Waals surface area contributed by atoms with E-state index in [0.717, 1.165) is 18.6 Å². The van der Waals surface area contributed by atoms with Gasteiger partial charge in [0, 0.05) is 59.5 Å². The van der Waals surface area contributed by atoms with Gasteiger partial charge in [0.15, 0.2) is 0 Å². The van der Waals surface area contributed by atoms with E-state index in [-0.39, 0.29) is 41.9 Å². The summed E-state index contributed by atoms with van der Waals surface area (Å²) in [6.07, 6.45) is 4.15. The summed E-state index contributed by atoms with van der Waals surface area (Å²) in [4.78, 5) is 27.5. The fraction of sp³-hybridized carbons (Fsp3) is 0.447. The van der Waals surface area contributed by atoms with Crippen LogP contribution in [0.2, 0.25) is 0 Å². The van der Waals surface area contributed by atoms with Crippen molar-refractivity contribution in [1.82, 2.24) is 19.4 Å². The summed E-state index contributed by atoms with van der Waals surface area (Å²) in [6.45, 7) is 6.68. The number of hydrogen-bond acceptors (Lipinski definition) is 7. The molecule has 9 nitrogen and oxygen atoms in total. The van der Waals surface area contributed by atoms with Gasteiger partial charge >= 0.3 is 11.9 Å². The molecule has 0 aliphatic carbocycles. The van der Waals surface area contributed by atoms with E-state index in [1.165, 1.54) is 28.6 Å². The predicted octanol–water partition coefficient (Wildman–Crippen LogP) is 7.31. The van der Waals surface area contributed by atoms with Crippen LogP contribution in [0.1, 0.15) is 68.2 Å². The molecule has 2 aromatic carbocycles. The Kier molecular flexibility index (Phi) is 15.2. The Balaban J connectivity index is 1.72. The molecule has 0 fully saturated rings. The van der Waals surface area contributed by atoms with Crippen LogP contribution >= 0.6 is 11.8 Å². The molecule has 0 radical (unpaired) electrons. The van der Waals surface area contributed by atoms with Gasteiger partial charge in [-0.2, -0.15) is 18.2 Å². The molecule has 2 heterocycles. The van der Waals surface area contributed by atoms with Crippen LogP contribution in [-0.4, -0.2) is 70.4 Å². The number of fused-ring (bicyclic) bond motifs is 1. The summed E-state index contributed by atoms with van der Waals surface area (Å²) < 4.78 is 72.7. The number of H-pyrrole nitrogens is 1. The zero-order valence-electron chi connectivity index (χ0n) is 30.2. The molecule has 4 rings (SSSR count). The summed E-state index contributed by atoms with van der Waals surface area (Å²) in [5.41, 5.74) is 17.7. The van der Waals surface area contributed by atoms with Gasteiger partial charge in [0.05, 0.1) is 24.5 Å². The van der Waals surface area contributed by atoms with E-state index in [4.69, 9.17) is 17.2 Å². The zero-order chi connectivity index (χ0) is 38.7. The molecule has 288 valence electrons. The Morgan fingerprint density at radius 3 is 2.55 bits per heavy atom. The third-order valence-corrected chi connectivity index (χ3v) is 9.84. The van der Waals surface area contributed by atoms with Gasteiger partial charge in [0.2, 0.25) is 0 Å². The van der Waals surface area contributed by atoms with Gasteiger partial charge in [-0.1, -0.05) is 19.4 Å². The monoisotopic (exact) mass is 760 g/mol. The molecule has 0 aliphatic heterocycles. The number of nitrogens with two attached hydrogens (primary N) is 3. The van der Waals surface area contributed by atoms with Crippen LogP contribution in [0.5, 0.6) is 0 Å². The van der Waals surface area contributed by atoms with Crippen molar-refractivity contribution >= 4 is 28.6 Å². The van der Waals surface area contributed by atoms with E-state index in [9.17, 15) is 22.4 Å². The van der Waals surface area contributed by atoms with E-state index in [0.29, 0.717) is 84.7 Å². The molecule has 2 unspecified atom stereocenters. The maximum atomic E-state index is 16.4. The topological polar surface area (TPSA) is 144 Å². The van der Waals surface area contributed by atoms with Crippen molar-refractivity contribution in [1.29, 1.82) is 0 Å². The molecule has 7 N–H and O–H groups in total. The zero-order valence-corrected chi connectivity index (χ0v) is 31.0. The molecule has 4 aromatic rings. The number of aliphatic imine (C=N–C) groups is 1. The SMILES string of the molecule is C=CC(N)CCCc1cc(-c2cc3cn(-c4cc(F)c(C(CCC)N(CCCF)CCCN=C(N)CN)c(SC)c4)c(=O)nc3[nH]2)cc(C(F)(F)F)c1. The van der Waals surface area contributed by atoms with Gasteiger partial charge in [0.1, 0.15) is 17.3 Å². The maximum absolute atomic E-state index is 16.4. The summed E-state index contributed by atoms with van der Waals surface area (Å²) in [6, 6.07) is 7.90. The Bertz CT molecular complexity index is 1930. The molecule has 0 amide bonds. The van der Waals surface area contributed by atoms with Crippen LogP contribution in [0, 0.1) is 5.82 Å². The Hall–Kier alpha value is -4.05. The second-order valence-electron chi connectivity index (χ2n) is 12.9. The average molecular weight is 761 g/mol. The fourth-order valence-corrected chi connectivity index (χ4v) is 7.08. The number of nitrogens with zero attached hydrogens (tertiary/aromatic N) is 4. The minimum atomic E-state index is -4.57. The third-order valence-electron chi connectivity index (χ3n) is 9.06. The molecule has 0 bridgehead atoms. The van der Waals surface area contributed by atoms with Gasteiger partial charge in [-0.15, -0.1) is 18.3 Å². The molecular formula is C38H49F5N8OS. The molecule has 0 saturated heterocycles. The first-order valence-electron chi connectivity index (χ1n) is 17.7. The number of nitrogens with one attached hydrogen (secondary N) is 1. The minimum absolute atomic E-state index is 0.152. The highest BCUT2D eigenvalue weighted by Crippen LogP contribution is 2.38. The molecule has 2 atom stereocenters. The van der Waals surface area contributed by atoms with Gasteiger partial charge < -0.3 is 22.2 Å². The highest BCUT2D eigenvalue weighted by molar-refractivity contribution is 7.98. The summed E-state index contributed by atoms with van der Waals surface area (Å²) in [5, 5.41) is 0.449. The lowest BCUT2D eigenvalue weighted by Gasteiger charge is -2.33. The van der Waals surface area contributed by atoms with Crippen molar-refractivity contribution in [3.8, 4) is 16.9 Å². The van der Waals surface area contributed by atoms with Crippen molar-refractivity contribution in [3.63, 3.8) is 0 Å². The van der Waals surface area contributed by atoms with E-state index in [2.05, 4.69) is 26.4 Å². The number of alkyl halides is 4. The van der Waals surface area contributed by atoms with Crippen molar-refractivity contribution in [2.75, 3.05) is 39.1 Å². The average Bonchev–Trinajstić information content (AvgIpc) is 3.55. The first-order chi connectivity index (χ1) is 25.3. The summed E-state index contributed by atoms with van der Waals surface area (Å²) in [7, 11) is 0. The van der Waals surface area contributed by atoms with E-state index >= 15 is 4.39 Å². The van der Waals surface area contributed by atoms with Crippen LogP contribution in [0.15, 0.2) is 69.9 Å². The van der Waals surface area contributed by atoms with Crippen LogP contribution in [0.25, 0.3) is 28.0 Å². The molecular weight excluding hydrogens is 712 g/mol. The van der Waals surface area contributed by atoms with Crippen molar-refractivity contribution in [3.05, 3.63) is 88.2 Å². The van der Waals surface area contributed by atoms with Crippen LogP contribution < -0.4 is 22.9 Å². The van der Waals surface area contributed by atoms with Gasteiger partial charge in [-0.3, -0.25) is 18.8 Å². The van der Waals surface area contributed by atoms with Gasteiger partial charge in [-0.25, -0.2) is 9.18 Å². The summed E-state index contributed by atoms with van der Waals surface area (Å²) in [5.74, 6) is -0.176. The fourth-order valence-electron chi connectivity index (χ4n) is 6.39. The molecule has 53 heavy (non-hydrogen) atoms. The lowest BCUT2D eigenvalue weighted by Crippen LogP contribution is -2.33. The number of rotatable bonds is 20. The number of hydrogen-bond donors (Lipinski definition) is 4. The van der Waals surface area contributed by atoms with Gasteiger partial charge in [0.25, 0.3) is 0 Å². The number of thioether (sulfide) groups is 1. The number of amidine groups is 1. The van der Waals surface area contributed by atoms with E-state index < -0.39 is 29.9 Å². The second-order valence-corrected chi connectivity index (χ2v) is 13.8. The maximum Gasteiger partial charge on any atom is 0.416 e. The normalized spacial score (nSPS) is 13.6. The highest BCUT2D eigenvalue weighted by atomic mass is 32.2. The lowest BCUT2D eigenvalue weighted by molar-refractivity contribution is -0.137. The van der Waals surface area contributed by atoms with Crippen molar-refractivity contribution < 1.29 is 22.0 Å². The Labute approximate surface area is 310 Å². The Morgan fingerprint density at radius 1 is 1.13 bits per heavy atom. The molecule has 15 heteroatoms. The van der Waals surface area contributed by atoms with Gasteiger partial charge in [-0.05, 0) is 92.3 Å². The Morgan fingerprint density at radius 2 is 1.89 bits per heavy atom. The van der Waals surface area contributed by atoms with E-state index in [1.54, 1.807) is 24.3 Å². The van der Waals surface area contributed by atoms with Crippen molar-refractivity contribution in [2.45, 2.75) is 75.0 Å². The number of aromatic amines is 1.